The van der Waals surface area contributed by atoms with Gasteiger partial charge in [-0.3, -0.25) is 19.5 Å². The first kappa shape index (κ1) is 31.2. The lowest BCUT2D eigenvalue weighted by atomic mass is 9.82. The highest BCUT2D eigenvalue weighted by atomic mass is 19.4. The molecule has 1 aromatic rings. The van der Waals surface area contributed by atoms with Gasteiger partial charge in [0.05, 0.1) is 18.6 Å². The molecule has 0 aromatic carbocycles. The summed E-state index contributed by atoms with van der Waals surface area (Å²) in [6, 6.07) is 4.07. The van der Waals surface area contributed by atoms with Crippen molar-refractivity contribution in [1.29, 1.82) is 0 Å². The zero-order valence-corrected chi connectivity index (χ0v) is 20.0. The summed E-state index contributed by atoms with van der Waals surface area (Å²) in [5.74, 6) is -5.06. The maximum atomic E-state index is 13.0. The summed E-state index contributed by atoms with van der Waals surface area (Å²) in [6.07, 6.45) is -3.31. The van der Waals surface area contributed by atoms with Crippen LogP contribution in [-0.2, 0) is 30.5 Å². The van der Waals surface area contributed by atoms with Gasteiger partial charge in [-0.1, -0.05) is 0 Å². The predicted octanol–water partition coefficient (Wildman–Crippen LogP) is 2.74. The normalized spacial score (nSPS) is 23.7. The van der Waals surface area contributed by atoms with Gasteiger partial charge in [0.25, 0.3) is 5.91 Å². The van der Waals surface area contributed by atoms with Crippen LogP contribution in [0.5, 0.6) is 0 Å². The fraction of sp³-hybridized carbons (Fsp3) is 0.636. The molecular formula is C22H27F6N3O7. The fourth-order valence-electron chi connectivity index (χ4n) is 4.15. The van der Waals surface area contributed by atoms with Crippen LogP contribution in [0.25, 0.3) is 0 Å². The van der Waals surface area contributed by atoms with E-state index in [0.717, 1.165) is 52.0 Å². The Morgan fingerprint density at radius 3 is 2.03 bits per heavy atom. The molecule has 0 spiro atoms. The molecule has 4 rings (SSSR count). The Hall–Kier alpha value is -2.98. The molecule has 2 N–H and O–H groups in total. The van der Waals surface area contributed by atoms with Crippen LogP contribution in [0.4, 0.5) is 26.3 Å². The molecule has 3 fully saturated rings. The second-order valence-corrected chi connectivity index (χ2v) is 8.60. The number of rotatable bonds is 3. The molecule has 10 nitrogen and oxygen atoms in total. The molecule has 0 bridgehead atoms. The number of likely N-dealkylation sites (tertiary alicyclic amines) is 1. The molecular weight excluding hydrogens is 532 g/mol. The minimum absolute atomic E-state index is 0.0220. The van der Waals surface area contributed by atoms with E-state index in [0.29, 0.717) is 12.5 Å². The van der Waals surface area contributed by atoms with Crippen molar-refractivity contribution in [2.75, 3.05) is 32.8 Å². The number of pyridine rings is 1. The summed E-state index contributed by atoms with van der Waals surface area (Å²) in [7, 11) is 0. The van der Waals surface area contributed by atoms with Gasteiger partial charge in [-0.25, -0.2) is 14.7 Å². The van der Waals surface area contributed by atoms with Gasteiger partial charge in [-0.15, -0.1) is 0 Å². The maximum absolute atomic E-state index is 13.0. The predicted molar refractivity (Wildman–Crippen MR) is 115 cm³/mol. The molecule has 0 saturated carbocycles. The van der Waals surface area contributed by atoms with E-state index in [-0.39, 0.29) is 17.9 Å². The van der Waals surface area contributed by atoms with Crippen LogP contribution in [0.15, 0.2) is 24.5 Å². The Kier molecular flexibility index (Phi) is 11.3. The summed E-state index contributed by atoms with van der Waals surface area (Å²) in [6.45, 7) is 4.66. The highest BCUT2D eigenvalue weighted by Crippen LogP contribution is 2.35. The van der Waals surface area contributed by atoms with E-state index in [1.165, 1.54) is 5.56 Å². The third-order valence-electron chi connectivity index (χ3n) is 5.88. The summed E-state index contributed by atoms with van der Waals surface area (Å²) in [5, 5.41) is 15.9. The third-order valence-corrected chi connectivity index (χ3v) is 5.88. The van der Waals surface area contributed by atoms with Crippen LogP contribution in [0, 0.1) is 11.8 Å². The number of carboxylic acids is 2. The lowest BCUT2D eigenvalue weighted by Crippen LogP contribution is -2.53. The monoisotopic (exact) mass is 559 g/mol. The zero-order valence-electron chi connectivity index (χ0n) is 20.0. The quantitative estimate of drug-likeness (QED) is 0.537. The average molecular weight is 559 g/mol. The molecule has 4 heterocycles. The Balaban J connectivity index is 0.000000301. The van der Waals surface area contributed by atoms with Gasteiger partial charge in [-0.05, 0) is 37.0 Å². The van der Waals surface area contributed by atoms with Gasteiger partial charge in [0.2, 0.25) is 0 Å². The number of amides is 1. The standard InChI is InChI=1S/C18H25N3O3.2C2HF3O2/c22-18(21-8-1-2-9-24-21)16-12-20(11-14-3-6-19-7-4-14)13-17-15(16)5-10-23-17;2*3-2(4,5)1(6)7/h3-4,6-7,15-17H,1-2,5,8-13H2;2*(H,6,7)/t15-,16-,17+;;/m0../s1. The van der Waals surface area contributed by atoms with E-state index in [1.54, 1.807) is 5.06 Å². The maximum Gasteiger partial charge on any atom is 0.490 e. The topological polar surface area (TPSA) is 129 Å². The number of hydrogen-bond acceptors (Lipinski definition) is 7. The number of hydrogen-bond donors (Lipinski definition) is 2. The van der Waals surface area contributed by atoms with Crippen molar-refractivity contribution < 1.29 is 60.5 Å². The Morgan fingerprint density at radius 1 is 0.947 bits per heavy atom. The Labute approximate surface area is 213 Å². The van der Waals surface area contributed by atoms with E-state index >= 15 is 0 Å². The summed E-state index contributed by atoms with van der Waals surface area (Å²) >= 11 is 0. The van der Waals surface area contributed by atoms with Crippen LogP contribution in [0.3, 0.4) is 0 Å². The van der Waals surface area contributed by atoms with E-state index in [4.69, 9.17) is 29.4 Å². The summed E-state index contributed by atoms with van der Waals surface area (Å²) < 4.78 is 69.4. The number of piperidine rings is 1. The van der Waals surface area contributed by atoms with E-state index in [1.807, 2.05) is 24.5 Å². The number of hydroxylamine groups is 2. The lowest BCUT2D eigenvalue weighted by Gasteiger charge is -2.41. The summed E-state index contributed by atoms with van der Waals surface area (Å²) in [5.41, 5.74) is 1.22. The number of ether oxygens (including phenoxy) is 1. The Morgan fingerprint density at radius 2 is 1.53 bits per heavy atom. The molecule has 0 unspecified atom stereocenters. The second kappa shape index (κ2) is 13.7. The molecule has 3 atom stereocenters. The molecule has 0 aliphatic carbocycles. The zero-order chi connectivity index (χ0) is 28.5. The molecule has 3 aliphatic rings. The molecule has 3 aliphatic heterocycles. The van der Waals surface area contributed by atoms with Crippen molar-refractivity contribution in [2.45, 2.75) is 44.3 Å². The number of halogens is 6. The third kappa shape index (κ3) is 9.72. The smallest absolute Gasteiger partial charge is 0.475 e. The highest BCUT2D eigenvalue weighted by Gasteiger charge is 2.45. The molecule has 1 amide bonds. The minimum atomic E-state index is -5.08. The van der Waals surface area contributed by atoms with Crippen LogP contribution in [0.2, 0.25) is 0 Å². The first-order valence-electron chi connectivity index (χ1n) is 11.5. The van der Waals surface area contributed by atoms with Crippen molar-refractivity contribution in [3.63, 3.8) is 0 Å². The van der Waals surface area contributed by atoms with Crippen molar-refractivity contribution in [3.8, 4) is 0 Å². The van der Waals surface area contributed by atoms with Crippen molar-refractivity contribution >= 4 is 17.8 Å². The fourth-order valence-corrected chi connectivity index (χ4v) is 4.15. The van der Waals surface area contributed by atoms with Gasteiger partial charge < -0.3 is 14.9 Å². The van der Waals surface area contributed by atoms with Crippen LogP contribution >= 0.6 is 0 Å². The molecule has 16 heteroatoms. The number of carbonyl (C=O) groups is 3. The number of aromatic nitrogens is 1. The van der Waals surface area contributed by atoms with Gasteiger partial charge in [0.1, 0.15) is 0 Å². The van der Waals surface area contributed by atoms with Gasteiger partial charge in [-0.2, -0.15) is 26.3 Å². The van der Waals surface area contributed by atoms with Gasteiger partial charge in [0.15, 0.2) is 0 Å². The first-order valence-corrected chi connectivity index (χ1v) is 11.5. The number of alkyl halides is 6. The molecule has 3 saturated heterocycles. The number of aliphatic carboxylic acids is 2. The van der Waals surface area contributed by atoms with E-state index < -0.39 is 24.3 Å². The van der Waals surface area contributed by atoms with E-state index in [2.05, 4.69) is 9.88 Å². The van der Waals surface area contributed by atoms with Crippen molar-refractivity contribution in [1.82, 2.24) is 14.9 Å². The van der Waals surface area contributed by atoms with Gasteiger partial charge >= 0.3 is 24.3 Å². The largest absolute Gasteiger partial charge is 0.490 e. The van der Waals surface area contributed by atoms with Crippen molar-refractivity contribution in [2.24, 2.45) is 11.8 Å². The van der Waals surface area contributed by atoms with Gasteiger partial charge in [0, 0.05) is 51.1 Å². The van der Waals surface area contributed by atoms with Crippen molar-refractivity contribution in [3.05, 3.63) is 30.1 Å². The average Bonchev–Trinajstić information content (AvgIpc) is 3.32. The lowest BCUT2D eigenvalue weighted by molar-refractivity contribution is -0.205. The minimum Gasteiger partial charge on any atom is -0.475 e. The number of carbonyl (C=O) groups excluding carboxylic acids is 1. The second-order valence-electron chi connectivity index (χ2n) is 8.60. The molecule has 38 heavy (non-hydrogen) atoms. The Bertz CT molecular complexity index is 902. The number of nitrogens with zero attached hydrogens (tertiary/aromatic N) is 3. The molecule has 0 radical (unpaired) electrons. The first-order chi connectivity index (χ1) is 17.7. The van der Waals surface area contributed by atoms with Crippen LogP contribution in [-0.4, -0.2) is 94.3 Å². The number of carboxylic acid groups (broad SMARTS) is 2. The molecule has 1 aromatic heterocycles. The van der Waals surface area contributed by atoms with E-state index in [9.17, 15) is 31.1 Å². The SMILES string of the molecule is O=C(O)C(F)(F)F.O=C(O)C(F)(F)F.O=C([C@H]1CN(Cc2ccncc2)C[C@H]2OCC[C@@H]12)N1CCCCO1. The molecule has 214 valence electrons. The number of fused-ring (bicyclic) bond motifs is 1. The van der Waals surface area contributed by atoms with Crippen LogP contribution in [0.1, 0.15) is 24.8 Å². The highest BCUT2D eigenvalue weighted by molar-refractivity contribution is 5.78. The summed E-state index contributed by atoms with van der Waals surface area (Å²) in [4.78, 5) is 42.8. The van der Waals surface area contributed by atoms with Crippen LogP contribution < -0.4 is 0 Å².